The van der Waals surface area contributed by atoms with E-state index in [1.165, 1.54) is 18.2 Å². The first-order valence-corrected chi connectivity index (χ1v) is 6.39. The average molecular weight is 279 g/mol. The molecule has 1 saturated heterocycles. The Balaban J connectivity index is 2.16. The van der Waals surface area contributed by atoms with E-state index >= 15 is 0 Å². The van der Waals surface area contributed by atoms with Crippen molar-refractivity contribution in [2.45, 2.75) is 18.9 Å². The number of nitrogens with zero attached hydrogens (tertiary/aromatic N) is 2. The van der Waals surface area contributed by atoms with E-state index in [0.29, 0.717) is 18.8 Å². The predicted octanol–water partition coefficient (Wildman–Crippen LogP) is 1.43. The number of carbonyl (C=O) groups is 1. The smallest absolute Gasteiger partial charge is 0.292 e. The summed E-state index contributed by atoms with van der Waals surface area (Å²) in [5.74, 6) is -0.182. The van der Waals surface area contributed by atoms with Crippen LogP contribution >= 0.6 is 0 Å². The van der Waals surface area contributed by atoms with E-state index in [4.69, 9.17) is 10.5 Å². The number of nitro groups is 1. The van der Waals surface area contributed by atoms with Crippen molar-refractivity contribution in [1.82, 2.24) is 4.90 Å². The van der Waals surface area contributed by atoms with Gasteiger partial charge in [-0.3, -0.25) is 14.9 Å². The third-order valence-electron chi connectivity index (χ3n) is 3.53. The van der Waals surface area contributed by atoms with Gasteiger partial charge in [-0.05, 0) is 25.0 Å². The van der Waals surface area contributed by atoms with E-state index in [-0.39, 0.29) is 23.3 Å². The van der Waals surface area contributed by atoms with Gasteiger partial charge < -0.3 is 15.4 Å². The summed E-state index contributed by atoms with van der Waals surface area (Å²) in [6.07, 6.45) is 1.59. The molecule has 0 bridgehead atoms. The number of anilines is 1. The number of amides is 1. The van der Waals surface area contributed by atoms with Crippen molar-refractivity contribution in [2.24, 2.45) is 0 Å². The van der Waals surface area contributed by atoms with E-state index in [0.717, 1.165) is 12.8 Å². The minimum Gasteiger partial charge on any atom is -0.393 e. The highest BCUT2D eigenvalue weighted by atomic mass is 16.6. The maximum atomic E-state index is 12.3. The number of nitrogens with two attached hydrogens (primary N) is 1. The zero-order valence-corrected chi connectivity index (χ0v) is 11.2. The number of nitro benzene ring substituents is 1. The molecular formula is C13H17N3O4. The molecule has 0 saturated carbocycles. The molecule has 0 aliphatic carbocycles. The summed E-state index contributed by atoms with van der Waals surface area (Å²) >= 11 is 0. The Morgan fingerprint density at radius 2 is 2.10 bits per heavy atom. The molecule has 0 radical (unpaired) electrons. The van der Waals surface area contributed by atoms with Crippen LogP contribution in [0, 0.1) is 10.1 Å². The van der Waals surface area contributed by atoms with Crippen molar-refractivity contribution in [3.63, 3.8) is 0 Å². The number of nitrogen functional groups attached to an aromatic ring is 1. The van der Waals surface area contributed by atoms with Crippen molar-refractivity contribution in [3.8, 4) is 0 Å². The highest BCUT2D eigenvalue weighted by molar-refractivity contribution is 5.95. The molecular weight excluding hydrogens is 262 g/mol. The van der Waals surface area contributed by atoms with Crippen LogP contribution in [0.5, 0.6) is 0 Å². The molecule has 0 unspecified atom stereocenters. The summed E-state index contributed by atoms with van der Waals surface area (Å²) in [6.45, 7) is 1.29. The Kier molecular flexibility index (Phi) is 4.19. The molecule has 0 aromatic heterocycles. The van der Waals surface area contributed by atoms with Gasteiger partial charge in [0.15, 0.2) is 0 Å². The molecule has 20 heavy (non-hydrogen) atoms. The van der Waals surface area contributed by atoms with Crippen LogP contribution < -0.4 is 5.73 Å². The van der Waals surface area contributed by atoms with E-state index in [1.54, 1.807) is 11.9 Å². The number of ether oxygens (including phenoxy) is 1. The molecule has 0 atom stereocenters. The van der Waals surface area contributed by atoms with Gasteiger partial charge in [0.1, 0.15) is 5.69 Å². The number of benzene rings is 1. The largest absolute Gasteiger partial charge is 0.393 e. The lowest BCUT2D eigenvalue weighted by molar-refractivity contribution is -0.383. The summed E-state index contributed by atoms with van der Waals surface area (Å²) in [7, 11) is 1.73. The lowest BCUT2D eigenvalue weighted by atomic mass is 10.1. The minimum atomic E-state index is -0.564. The molecule has 1 aliphatic heterocycles. The van der Waals surface area contributed by atoms with Crippen molar-refractivity contribution in [1.29, 1.82) is 0 Å². The predicted molar refractivity (Wildman–Crippen MR) is 73.4 cm³/mol. The Labute approximate surface area is 116 Å². The Hall–Kier alpha value is -2.15. The van der Waals surface area contributed by atoms with Crippen LogP contribution in [0.1, 0.15) is 23.2 Å². The standard InChI is InChI=1S/C13H17N3O4/c1-15(10-4-6-20-7-5-10)13(17)9-2-3-12(16(18)19)11(14)8-9/h2-3,8,10H,4-7,14H2,1H3. The minimum absolute atomic E-state index is 0.00114. The van der Waals surface area contributed by atoms with Gasteiger partial charge in [0, 0.05) is 37.9 Å². The van der Waals surface area contributed by atoms with Crippen LogP contribution in [0.2, 0.25) is 0 Å². The Morgan fingerprint density at radius 3 is 2.65 bits per heavy atom. The summed E-state index contributed by atoms with van der Waals surface area (Å²) in [4.78, 5) is 24.1. The van der Waals surface area contributed by atoms with E-state index < -0.39 is 4.92 Å². The van der Waals surface area contributed by atoms with Gasteiger partial charge in [-0.25, -0.2) is 0 Å². The molecule has 2 rings (SSSR count). The fraction of sp³-hybridized carbons (Fsp3) is 0.462. The lowest BCUT2D eigenvalue weighted by Crippen LogP contribution is -2.40. The fourth-order valence-electron chi connectivity index (χ4n) is 2.30. The van der Waals surface area contributed by atoms with E-state index in [1.807, 2.05) is 0 Å². The maximum absolute atomic E-state index is 12.3. The normalized spacial score (nSPS) is 15.8. The zero-order chi connectivity index (χ0) is 14.7. The first kappa shape index (κ1) is 14.3. The fourth-order valence-corrected chi connectivity index (χ4v) is 2.30. The van der Waals surface area contributed by atoms with Gasteiger partial charge in [0.2, 0.25) is 0 Å². The maximum Gasteiger partial charge on any atom is 0.292 e. The summed E-state index contributed by atoms with van der Waals surface area (Å²) in [5.41, 5.74) is 5.79. The molecule has 2 N–H and O–H groups in total. The topological polar surface area (TPSA) is 98.7 Å². The SMILES string of the molecule is CN(C(=O)c1ccc([N+](=O)[O-])c(N)c1)C1CCOCC1. The van der Waals surface area contributed by atoms with Gasteiger partial charge in [-0.2, -0.15) is 0 Å². The monoisotopic (exact) mass is 279 g/mol. The molecule has 0 spiro atoms. The third kappa shape index (κ3) is 2.88. The molecule has 7 nitrogen and oxygen atoms in total. The van der Waals surface area contributed by atoms with Crippen LogP contribution in [0.25, 0.3) is 0 Å². The summed E-state index contributed by atoms with van der Waals surface area (Å²) < 4.78 is 5.26. The Morgan fingerprint density at radius 1 is 1.45 bits per heavy atom. The van der Waals surface area contributed by atoms with Gasteiger partial charge in [0.25, 0.3) is 11.6 Å². The molecule has 108 valence electrons. The van der Waals surface area contributed by atoms with Crippen LogP contribution in [0.15, 0.2) is 18.2 Å². The van der Waals surface area contributed by atoms with Crippen LogP contribution in [0.3, 0.4) is 0 Å². The third-order valence-corrected chi connectivity index (χ3v) is 3.53. The van der Waals surface area contributed by atoms with Crippen LogP contribution in [-0.2, 0) is 4.74 Å². The average Bonchev–Trinajstić information content (AvgIpc) is 2.46. The second-order valence-electron chi connectivity index (χ2n) is 4.79. The highest BCUT2D eigenvalue weighted by Crippen LogP contribution is 2.23. The number of hydrogen-bond acceptors (Lipinski definition) is 5. The second kappa shape index (κ2) is 5.87. The Bertz CT molecular complexity index is 526. The molecule has 1 aromatic rings. The first-order chi connectivity index (χ1) is 9.50. The molecule has 1 fully saturated rings. The molecule has 1 amide bonds. The van der Waals surface area contributed by atoms with Crippen molar-refractivity contribution in [3.05, 3.63) is 33.9 Å². The molecule has 1 heterocycles. The second-order valence-corrected chi connectivity index (χ2v) is 4.79. The number of carbonyl (C=O) groups excluding carboxylic acids is 1. The van der Waals surface area contributed by atoms with Crippen LogP contribution in [-0.4, -0.2) is 42.0 Å². The summed E-state index contributed by atoms with van der Waals surface area (Å²) in [5, 5.41) is 10.7. The molecule has 1 aromatic carbocycles. The first-order valence-electron chi connectivity index (χ1n) is 6.39. The zero-order valence-electron chi connectivity index (χ0n) is 11.2. The van der Waals surface area contributed by atoms with Crippen molar-refractivity contribution >= 4 is 17.3 Å². The number of hydrogen-bond donors (Lipinski definition) is 1. The van der Waals surface area contributed by atoms with Gasteiger partial charge in [-0.1, -0.05) is 0 Å². The van der Waals surface area contributed by atoms with Crippen LogP contribution in [0.4, 0.5) is 11.4 Å². The quantitative estimate of drug-likeness (QED) is 0.512. The van der Waals surface area contributed by atoms with Crippen molar-refractivity contribution in [2.75, 3.05) is 26.0 Å². The summed E-state index contributed by atoms with van der Waals surface area (Å²) in [6, 6.07) is 4.19. The van der Waals surface area contributed by atoms with E-state index in [2.05, 4.69) is 0 Å². The van der Waals surface area contributed by atoms with Gasteiger partial charge >= 0.3 is 0 Å². The molecule has 7 heteroatoms. The van der Waals surface area contributed by atoms with Crippen molar-refractivity contribution < 1.29 is 14.5 Å². The molecule has 1 aliphatic rings. The lowest BCUT2D eigenvalue weighted by Gasteiger charge is -2.31. The number of rotatable bonds is 3. The van der Waals surface area contributed by atoms with E-state index in [9.17, 15) is 14.9 Å². The van der Waals surface area contributed by atoms with Gasteiger partial charge in [-0.15, -0.1) is 0 Å². The highest BCUT2D eigenvalue weighted by Gasteiger charge is 2.24. The van der Waals surface area contributed by atoms with Gasteiger partial charge in [0.05, 0.1) is 4.92 Å².